The molecule has 0 unspecified atom stereocenters. The highest BCUT2D eigenvalue weighted by molar-refractivity contribution is 5.59. The lowest BCUT2D eigenvalue weighted by Crippen LogP contribution is -2.53. The van der Waals surface area contributed by atoms with Gasteiger partial charge in [-0.05, 0) is 29.3 Å². The molecule has 0 amide bonds. The first-order valence-corrected chi connectivity index (χ1v) is 11.2. The van der Waals surface area contributed by atoms with Crippen LogP contribution in [-0.2, 0) is 18.7 Å². The number of piperazine rings is 1. The highest BCUT2D eigenvalue weighted by Gasteiger charge is 2.71. The van der Waals surface area contributed by atoms with Crippen molar-refractivity contribution in [3.8, 4) is 11.3 Å². The van der Waals surface area contributed by atoms with Crippen molar-refractivity contribution in [3.05, 3.63) is 83.8 Å². The number of benzene rings is 1. The van der Waals surface area contributed by atoms with Crippen molar-refractivity contribution in [1.82, 2.24) is 19.8 Å². The van der Waals surface area contributed by atoms with Crippen LogP contribution in [0.3, 0.4) is 0 Å². The highest BCUT2D eigenvalue weighted by atomic mass is 19.4. The van der Waals surface area contributed by atoms with E-state index in [9.17, 15) is 31.4 Å². The van der Waals surface area contributed by atoms with E-state index in [0.717, 1.165) is 50.9 Å². The first kappa shape index (κ1) is 26.1. The van der Waals surface area contributed by atoms with E-state index >= 15 is 0 Å². The highest BCUT2D eigenvalue weighted by Crippen LogP contribution is 2.49. The molecule has 36 heavy (non-hydrogen) atoms. The molecule has 1 aliphatic rings. The Hall–Kier alpha value is -3.02. The molecule has 1 N–H and O–H groups in total. The van der Waals surface area contributed by atoms with Crippen LogP contribution in [0.4, 0.5) is 26.3 Å². The van der Waals surface area contributed by atoms with E-state index < -0.39 is 23.5 Å². The number of nitrogens with zero attached hydrogens (tertiary/aromatic N) is 4. The lowest BCUT2D eigenvalue weighted by molar-refractivity contribution is -0.376. The van der Waals surface area contributed by atoms with Gasteiger partial charge in [0.1, 0.15) is 0 Å². The van der Waals surface area contributed by atoms with Crippen LogP contribution in [0.25, 0.3) is 11.3 Å². The number of aromatic nitrogens is 2. The summed E-state index contributed by atoms with van der Waals surface area (Å²) >= 11 is 0. The fraction of sp³-hybridized carbons (Fsp3) is 0.360. The second-order valence-corrected chi connectivity index (χ2v) is 8.74. The molecule has 1 aromatic carbocycles. The van der Waals surface area contributed by atoms with Gasteiger partial charge in [-0.3, -0.25) is 19.8 Å². The minimum absolute atomic E-state index is 0.196. The second kappa shape index (κ2) is 10.2. The topological polar surface area (TPSA) is 52.5 Å². The molecule has 1 fully saturated rings. The number of pyridine rings is 2. The van der Waals surface area contributed by atoms with Gasteiger partial charge >= 0.3 is 12.4 Å². The van der Waals surface area contributed by atoms with Crippen LogP contribution in [0, 0.1) is 0 Å². The zero-order valence-electron chi connectivity index (χ0n) is 19.1. The van der Waals surface area contributed by atoms with E-state index in [2.05, 4.69) is 19.8 Å². The molecule has 4 rings (SSSR count). The van der Waals surface area contributed by atoms with E-state index in [1.165, 1.54) is 5.56 Å². The molecule has 0 spiro atoms. The van der Waals surface area contributed by atoms with Gasteiger partial charge < -0.3 is 5.11 Å². The Morgan fingerprint density at radius 3 is 1.64 bits per heavy atom. The van der Waals surface area contributed by atoms with E-state index in [1.54, 1.807) is 24.5 Å². The normalized spacial score (nSPS) is 16.3. The Kier molecular flexibility index (Phi) is 7.35. The second-order valence-electron chi connectivity index (χ2n) is 8.74. The third-order valence-electron chi connectivity index (χ3n) is 6.28. The van der Waals surface area contributed by atoms with Gasteiger partial charge in [0.25, 0.3) is 5.60 Å². The summed E-state index contributed by atoms with van der Waals surface area (Å²) in [4.78, 5) is 12.5. The van der Waals surface area contributed by atoms with Gasteiger partial charge in [0.15, 0.2) is 0 Å². The minimum atomic E-state index is -5.94. The van der Waals surface area contributed by atoms with Crippen molar-refractivity contribution in [1.29, 1.82) is 0 Å². The molecule has 192 valence electrons. The summed E-state index contributed by atoms with van der Waals surface area (Å²) in [6, 6.07) is 12.8. The summed E-state index contributed by atoms with van der Waals surface area (Å²) in [5.74, 6) is 0. The lowest BCUT2D eigenvalue weighted by atomic mass is 9.93. The van der Waals surface area contributed by atoms with Gasteiger partial charge in [0, 0.05) is 69.0 Å². The summed E-state index contributed by atoms with van der Waals surface area (Å²) in [5.41, 5.74) is -3.39. The Morgan fingerprint density at radius 2 is 1.19 bits per heavy atom. The number of rotatable bonds is 6. The summed E-state index contributed by atoms with van der Waals surface area (Å²) in [6.07, 6.45) is -7.91. The monoisotopic (exact) mass is 510 g/mol. The quantitative estimate of drug-likeness (QED) is 0.484. The summed E-state index contributed by atoms with van der Waals surface area (Å²) < 4.78 is 78.4. The van der Waals surface area contributed by atoms with Crippen molar-refractivity contribution in [3.63, 3.8) is 0 Å². The number of aliphatic hydroxyl groups is 1. The van der Waals surface area contributed by atoms with Gasteiger partial charge in [-0.2, -0.15) is 26.3 Å². The fourth-order valence-corrected chi connectivity index (χ4v) is 4.16. The maximum Gasteiger partial charge on any atom is 0.430 e. The molecular weight excluding hydrogens is 486 g/mol. The zero-order chi connectivity index (χ0) is 26.0. The van der Waals surface area contributed by atoms with Crippen molar-refractivity contribution in [2.45, 2.75) is 31.0 Å². The summed E-state index contributed by atoms with van der Waals surface area (Å²) in [7, 11) is 0. The van der Waals surface area contributed by atoms with Crippen molar-refractivity contribution < 1.29 is 31.4 Å². The number of alkyl halides is 6. The van der Waals surface area contributed by atoms with E-state index in [1.807, 2.05) is 24.3 Å². The fourth-order valence-electron chi connectivity index (χ4n) is 4.16. The Labute approximate surface area is 204 Å². The molecular formula is C25H24F6N4O. The van der Waals surface area contributed by atoms with Crippen LogP contribution in [0.2, 0.25) is 0 Å². The molecule has 0 saturated carbocycles. The molecule has 1 aliphatic heterocycles. The van der Waals surface area contributed by atoms with Crippen LogP contribution in [-0.4, -0.2) is 63.4 Å². The van der Waals surface area contributed by atoms with Crippen molar-refractivity contribution in [2.75, 3.05) is 26.2 Å². The largest absolute Gasteiger partial charge is 0.430 e. The van der Waals surface area contributed by atoms with Crippen LogP contribution in [0.15, 0.2) is 67.1 Å². The third kappa shape index (κ3) is 5.53. The smallest absolute Gasteiger partial charge is 0.369 e. The summed E-state index contributed by atoms with van der Waals surface area (Å²) in [6.45, 7) is 5.26. The van der Waals surface area contributed by atoms with Gasteiger partial charge in [-0.25, -0.2) is 0 Å². The van der Waals surface area contributed by atoms with E-state index in [4.69, 9.17) is 0 Å². The molecule has 3 heterocycles. The van der Waals surface area contributed by atoms with Crippen molar-refractivity contribution >= 4 is 0 Å². The zero-order valence-corrected chi connectivity index (χ0v) is 19.1. The maximum absolute atomic E-state index is 13.1. The molecule has 0 aliphatic carbocycles. The molecule has 2 aromatic heterocycles. The Bertz CT molecular complexity index is 1110. The predicted octanol–water partition coefficient (Wildman–Crippen LogP) is 4.77. The average molecular weight is 510 g/mol. The van der Waals surface area contributed by atoms with E-state index in [0.29, 0.717) is 17.8 Å². The van der Waals surface area contributed by atoms with Gasteiger partial charge in [0.05, 0.1) is 5.69 Å². The molecule has 11 heteroatoms. The molecule has 5 nitrogen and oxygen atoms in total. The standard InChI is InChI=1S/C25H24F6N4O/c26-24(27,28)23(36,25(29,30)31)21-5-6-22(33-15-21)20-3-1-18(2-4-20)16-34-11-13-35(14-12-34)17-19-7-9-32-10-8-19/h1-10,15,36H,11-14,16-17H2. The Morgan fingerprint density at radius 1 is 0.694 bits per heavy atom. The van der Waals surface area contributed by atoms with Gasteiger partial charge in [0.2, 0.25) is 0 Å². The SMILES string of the molecule is OC(c1ccc(-c2ccc(CN3CCN(Cc4ccncc4)CC3)cc2)nc1)(C(F)(F)F)C(F)(F)F. The van der Waals surface area contributed by atoms with Crippen LogP contribution in [0.1, 0.15) is 16.7 Å². The maximum atomic E-state index is 13.1. The van der Waals surface area contributed by atoms with Gasteiger partial charge in [-0.15, -0.1) is 0 Å². The third-order valence-corrected chi connectivity index (χ3v) is 6.28. The van der Waals surface area contributed by atoms with Crippen LogP contribution >= 0.6 is 0 Å². The Balaban J connectivity index is 1.36. The average Bonchev–Trinajstić information content (AvgIpc) is 2.85. The predicted molar refractivity (Wildman–Crippen MR) is 120 cm³/mol. The molecule has 1 saturated heterocycles. The molecule has 0 radical (unpaired) electrons. The molecule has 0 atom stereocenters. The van der Waals surface area contributed by atoms with Crippen molar-refractivity contribution in [2.24, 2.45) is 0 Å². The molecule has 3 aromatic rings. The first-order valence-electron chi connectivity index (χ1n) is 11.2. The minimum Gasteiger partial charge on any atom is -0.369 e. The van der Waals surface area contributed by atoms with E-state index in [-0.39, 0.29) is 5.69 Å². The van der Waals surface area contributed by atoms with Crippen LogP contribution in [0.5, 0.6) is 0 Å². The number of hydrogen-bond donors (Lipinski definition) is 1. The number of halogens is 6. The van der Waals surface area contributed by atoms with Crippen LogP contribution < -0.4 is 0 Å². The summed E-state index contributed by atoms with van der Waals surface area (Å²) in [5, 5.41) is 9.50. The molecule has 0 bridgehead atoms. The van der Waals surface area contributed by atoms with Gasteiger partial charge in [-0.1, -0.05) is 30.3 Å². The first-order chi connectivity index (χ1) is 17.0. The number of hydrogen-bond acceptors (Lipinski definition) is 5. The lowest BCUT2D eigenvalue weighted by Gasteiger charge is -2.34.